The van der Waals surface area contributed by atoms with Crippen molar-refractivity contribution in [2.24, 2.45) is 0 Å². The molecule has 0 saturated heterocycles. The highest BCUT2D eigenvalue weighted by atomic mass is 32.2. The molecule has 2 amide bonds. The molecule has 1 heterocycles. The Morgan fingerprint density at radius 1 is 0.867 bits per heavy atom. The van der Waals surface area contributed by atoms with Crippen LogP contribution in [0.3, 0.4) is 0 Å². The van der Waals surface area contributed by atoms with Gasteiger partial charge in [0.15, 0.2) is 0 Å². The van der Waals surface area contributed by atoms with Crippen molar-refractivity contribution in [1.82, 2.24) is 4.98 Å². The second kappa shape index (κ2) is 11.0. The van der Waals surface area contributed by atoms with Gasteiger partial charge in [0.05, 0.1) is 23.4 Å². The maximum absolute atomic E-state index is 12.1. The lowest BCUT2D eigenvalue weighted by molar-refractivity contribution is -0.114. The third-order valence-corrected chi connectivity index (χ3v) is 4.98. The number of carbonyl (C=O) groups is 2. The van der Waals surface area contributed by atoms with Crippen molar-refractivity contribution >= 4 is 35.0 Å². The lowest BCUT2D eigenvalue weighted by Crippen LogP contribution is -2.18. The molecule has 0 spiro atoms. The molecular weight excluding hydrogens is 398 g/mol. The Labute approximate surface area is 180 Å². The lowest BCUT2D eigenvalue weighted by Gasteiger charge is -2.08. The fourth-order valence-corrected chi connectivity index (χ4v) is 3.16. The van der Waals surface area contributed by atoms with E-state index in [1.807, 2.05) is 61.5 Å². The molecule has 3 aromatic rings. The van der Waals surface area contributed by atoms with Crippen LogP contribution in [-0.4, -0.2) is 28.3 Å². The number of hydrogen-bond donors (Lipinski definition) is 2. The molecule has 0 aliphatic heterocycles. The van der Waals surface area contributed by atoms with Crippen LogP contribution in [0.5, 0.6) is 5.88 Å². The number of ether oxygens (including phenoxy) is 1. The van der Waals surface area contributed by atoms with E-state index in [0.29, 0.717) is 18.2 Å². The monoisotopic (exact) mass is 421 g/mol. The number of aromatic nitrogens is 1. The van der Waals surface area contributed by atoms with Gasteiger partial charge in [0.1, 0.15) is 6.61 Å². The largest absolute Gasteiger partial charge is 0.473 e. The van der Waals surface area contributed by atoms with Crippen LogP contribution in [0.1, 0.15) is 11.1 Å². The molecule has 30 heavy (non-hydrogen) atoms. The summed E-state index contributed by atoms with van der Waals surface area (Å²) < 4.78 is 5.63. The number of nitrogens with one attached hydrogen (secondary N) is 2. The van der Waals surface area contributed by atoms with Gasteiger partial charge in [-0.3, -0.25) is 9.59 Å². The van der Waals surface area contributed by atoms with Gasteiger partial charge in [-0.1, -0.05) is 48.0 Å². The summed E-state index contributed by atoms with van der Waals surface area (Å²) in [5.41, 5.74) is 3.51. The zero-order chi connectivity index (χ0) is 21.2. The van der Waals surface area contributed by atoms with Crippen LogP contribution < -0.4 is 15.4 Å². The van der Waals surface area contributed by atoms with Crippen LogP contribution in [-0.2, 0) is 16.2 Å². The number of nitrogens with zero attached hydrogens (tertiary/aromatic N) is 1. The quantitative estimate of drug-likeness (QED) is 0.539. The van der Waals surface area contributed by atoms with Crippen LogP contribution in [0.25, 0.3) is 0 Å². The normalized spacial score (nSPS) is 10.3. The average Bonchev–Trinajstić information content (AvgIpc) is 2.75. The number of amides is 2. The van der Waals surface area contributed by atoms with E-state index in [1.165, 1.54) is 11.8 Å². The summed E-state index contributed by atoms with van der Waals surface area (Å²) in [5.74, 6) is 0.527. The van der Waals surface area contributed by atoms with Gasteiger partial charge < -0.3 is 15.4 Å². The molecule has 6 nitrogen and oxygen atoms in total. The van der Waals surface area contributed by atoms with E-state index in [2.05, 4.69) is 15.6 Å². The molecule has 7 heteroatoms. The Kier molecular flexibility index (Phi) is 7.86. The molecule has 0 aliphatic carbocycles. The molecule has 2 aromatic carbocycles. The van der Waals surface area contributed by atoms with Gasteiger partial charge >= 0.3 is 0 Å². The molecule has 0 unspecified atom stereocenters. The predicted molar refractivity (Wildman–Crippen MR) is 121 cm³/mol. The van der Waals surface area contributed by atoms with E-state index in [-0.39, 0.29) is 23.3 Å². The van der Waals surface area contributed by atoms with Crippen LogP contribution in [0.4, 0.5) is 11.4 Å². The molecule has 0 fully saturated rings. The molecule has 2 N–H and O–H groups in total. The fraction of sp³-hybridized carbons (Fsp3) is 0.174. The summed E-state index contributed by atoms with van der Waals surface area (Å²) in [4.78, 5) is 28.2. The van der Waals surface area contributed by atoms with Gasteiger partial charge in [0.2, 0.25) is 17.7 Å². The highest BCUT2D eigenvalue weighted by molar-refractivity contribution is 8.00. The van der Waals surface area contributed by atoms with Gasteiger partial charge in [-0.05, 0) is 30.7 Å². The van der Waals surface area contributed by atoms with E-state index < -0.39 is 0 Å². The first-order chi connectivity index (χ1) is 14.6. The Balaban J connectivity index is 1.36. The fourth-order valence-electron chi connectivity index (χ4n) is 2.54. The van der Waals surface area contributed by atoms with Crippen molar-refractivity contribution < 1.29 is 14.3 Å². The summed E-state index contributed by atoms with van der Waals surface area (Å²) in [7, 11) is 0. The van der Waals surface area contributed by atoms with E-state index in [4.69, 9.17) is 4.74 Å². The minimum atomic E-state index is -0.192. The highest BCUT2D eigenvalue weighted by Gasteiger charge is 2.07. The summed E-state index contributed by atoms with van der Waals surface area (Å²) >= 11 is 1.25. The third kappa shape index (κ3) is 7.25. The van der Waals surface area contributed by atoms with E-state index in [0.717, 1.165) is 16.8 Å². The lowest BCUT2D eigenvalue weighted by atomic mass is 10.2. The smallest absolute Gasteiger partial charge is 0.234 e. The van der Waals surface area contributed by atoms with Crippen LogP contribution >= 0.6 is 11.8 Å². The van der Waals surface area contributed by atoms with Crippen molar-refractivity contribution in [2.45, 2.75) is 13.5 Å². The molecule has 0 aliphatic rings. The second-order valence-corrected chi connectivity index (χ2v) is 7.60. The van der Waals surface area contributed by atoms with Gasteiger partial charge in [0, 0.05) is 11.8 Å². The van der Waals surface area contributed by atoms with Gasteiger partial charge in [-0.25, -0.2) is 4.98 Å². The number of carbonyl (C=O) groups excluding carboxylic acids is 2. The average molecular weight is 422 g/mol. The number of hydrogen-bond acceptors (Lipinski definition) is 5. The van der Waals surface area contributed by atoms with Crippen molar-refractivity contribution in [3.05, 3.63) is 84.1 Å². The molecule has 154 valence electrons. The topological polar surface area (TPSA) is 80.3 Å². The minimum Gasteiger partial charge on any atom is -0.473 e. The second-order valence-electron chi connectivity index (χ2n) is 6.61. The van der Waals surface area contributed by atoms with Gasteiger partial charge in [-0.15, -0.1) is 11.8 Å². The molecule has 0 atom stereocenters. The third-order valence-electron chi connectivity index (χ3n) is 4.05. The number of thioether (sulfide) groups is 1. The maximum atomic E-state index is 12.1. The summed E-state index contributed by atoms with van der Waals surface area (Å²) in [6.45, 7) is 2.42. The van der Waals surface area contributed by atoms with Crippen molar-refractivity contribution in [2.75, 3.05) is 22.1 Å². The molecule has 0 saturated carbocycles. The Hall–Kier alpha value is -3.32. The zero-order valence-corrected chi connectivity index (χ0v) is 17.4. The number of benzene rings is 2. The summed E-state index contributed by atoms with van der Waals surface area (Å²) in [6, 6.07) is 20.8. The first-order valence-electron chi connectivity index (χ1n) is 9.45. The molecular formula is C23H23N3O3S. The Morgan fingerprint density at radius 3 is 2.13 bits per heavy atom. The number of aryl methyl sites for hydroxylation is 1. The van der Waals surface area contributed by atoms with Crippen molar-refractivity contribution in [1.29, 1.82) is 0 Å². The van der Waals surface area contributed by atoms with Gasteiger partial charge in [0.25, 0.3) is 0 Å². The number of rotatable bonds is 9. The van der Waals surface area contributed by atoms with Crippen molar-refractivity contribution in [3.63, 3.8) is 0 Å². The highest BCUT2D eigenvalue weighted by Crippen LogP contribution is 2.14. The van der Waals surface area contributed by atoms with Crippen LogP contribution in [0.15, 0.2) is 72.9 Å². The predicted octanol–water partition coefficient (Wildman–Crippen LogP) is 4.28. The van der Waals surface area contributed by atoms with Gasteiger partial charge in [-0.2, -0.15) is 0 Å². The zero-order valence-electron chi connectivity index (χ0n) is 16.6. The Morgan fingerprint density at radius 2 is 1.50 bits per heavy atom. The molecule has 0 radical (unpaired) electrons. The standard InChI is InChI=1S/C23H23N3O3S/c1-17-7-9-19(10-8-17)25-21(27)15-30-16-22(28)26-20-11-12-23(24-13-20)29-14-18-5-3-2-4-6-18/h2-13H,14-16H2,1H3,(H,25,27)(H,26,28). The molecule has 0 bridgehead atoms. The minimum absolute atomic E-state index is 0.141. The molecule has 3 rings (SSSR count). The SMILES string of the molecule is Cc1ccc(NC(=O)CSCC(=O)Nc2ccc(OCc3ccccc3)nc2)cc1. The molecule has 1 aromatic heterocycles. The summed E-state index contributed by atoms with van der Waals surface area (Å²) in [5, 5.41) is 5.57. The van der Waals surface area contributed by atoms with E-state index in [9.17, 15) is 9.59 Å². The van der Waals surface area contributed by atoms with Crippen LogP contribution in [0.2, 0.25) is 0 Å². The van der Waals surface area contributed by atoms with Crippen LogP contribution in [0, 0.1) is 6.92 Å². The summed E-state index contributed by atoms with van der Waals surface area (Å²) in [6.07, 6.45) is 1.55. The van der Waals surface area contributed by atoms with E-state index in [1.54, 1.807) is 18.3 Å². The first-order valence-corrected chi connectivity index (χ1v) is 10.6. The Bertz CT molecular complexity index is 961. The van der Waals surface area contributed by atoms with E-state index >= 15 is 0 Å². The number of pyridine rings is 1. The van der Waals surface area contributed by atoms with Crippen molar-refractivity contribution in [3.8, 4) is 5.88 Å². The first kappa shape index (κ1) is 21.4. The number of anilines is 2. The maximum Gasteiger partial charge on any atom is 0.234 e.